The molecule has 2 bridgehead atoms. The number of carboxylic acid groups (broad SMARTS) is 2. The second kappa shape index (κ2) is 14.3. The standard InChI is InChI=1S/C29H26ClN9O4.C2HF3O2/c1-16-4-3-5-25(21-10-17(8-9-31-21)27-22(34-28(16)41)13-33-37(27)2)38-15-32-20(12-26(38)40)19-11-18(30)6-7-24(19)39-14-23(29(42)43)35-36-39;3-2(4,5)1(6)7/h6-16,25H,3-5H2,1-2H3,(H,34,41)(H,42,43);(H,6,7)/t16-,25+;/m1./s1. The number of aromatic carboxylic acids is 1. The summed E-state index contributed by atoms with van der Waals surface area (Å²) >= 11 is 6.30. The first-order valence-electron chi connectivity index (χ1n) is 14.8. The molecule has 6 rings (SSSR count). The highest BCUT2D eigenvalue weighted by atomic mass is 35.5. The van der Waals surface area contributed by atoms with Gasteiger partial charge in [0.15, 0.2) is 5.69 Å². The van der Waals surface area contributed by atoms with E-state index in [-0.39, 0.29) is 23.1 Å². The van der Waals surface area contributed by atoms with Crippen molar-refractivity contribution in [2.45, 2.75) is 38.4 Å². The van der Waals surface area contributed by atoms with Crippen molar-refractivity contribution in [3.05, 3.63) is 88.1 Å². The number of nitrogens with one attached hydrogen (secondary N) is 1. The number of carboxylic acids is 2. The van der Waals surface area contributed by atoms with Crippen molar-refractivity contribution in [3.63, 3.8) is 0 Å². The van der Waals surface area contributed by atoms with Gasteiger partial charge in [-0.1, -0.05) is 30.2 Å². The van der Waals surface area contributed by atoms with E-state index >= 15 is 0 Å². The summed E-state index contributed by atoms with van der Waals surface area (Å²) in [5.41, 5.74) is 3.51. The molecule has 50 heavy (non-hydrogen) atoms. The van der Waals surface area contributed by atoms with Gasteiger partial charge < -0.3 is 15.5 Å². The number of pyridine rings is 1. The zero-order chi connectivity index (χ0) is 36.3. The fourth-order valence-corrected chi connectivity index (χ4v) is 5.44. The van der Waals surface area contributed by atoms with Gasteiger partial charge in [0.1, 0.15) is 0 Å². The van der Waals surface area contributed by atoms with Gasteiger partial charge in [0.05, 0.1) is 53.2 Å². The number of aromatic nitrogens is 8. The van der Waals surface area contributed by atoms with Crippen LogP contribution in [0.5, 0.6) is 0 Å². The number of anilines is 1. The lowest BCUT2D eigenvalue weighted by atomic mass is 9.97. The Balaban J connectivity index is 0.000000630. The Hall–Kier alpha value is -5.91. The number of hydrogen-bond donors (Lipinski definition) is 3. The van der Waals surface area contributed by atoms with Crippen LogP contribution in [0, 0.1) is 5.92 Å². The fourth-order valence-electron chi connectivity index (χ4n) is 5.27. The highest BCUT2D eigenvalue weighted by Gasteiger charge is 2.38. The molecular weight excluding hydrogens is 687 g/mol. The van der Waals surface area contributed by atoms with E-state index in [0.29, 0.717) is 52.6 Å². The summed E-state index contributed by atoms with van der Waals surface area (Å²) < 4.78 is 36.3. The minimum absolute atomic E-state index is 0.0935. The molecule has 0 aliphatic carbocycles. The predicted molar refractivity (Wildman–Crippen MR) is 171 cm³/mol. The number of amides is 1. The third kappa shape index (κ3) is 7.70. The molecule has 2 atom stereocenters. The van der Waals surface area contributed by atoms with Crippen LogP contribution < -0.4 is 10.9 Å². The van der Waals surface area contributed by atoms with E-state index in [4.69, 9.17) is 21.5 Å². The van der Waals surface area contributed by atoms with Crippen molar-refractivity contribution in [3.8, 4) is 28.2 Å². The zero-order valence-corrected chi connectivity index (χ0v) is 26.9. The number of carbonyl (C=O) groups excluding carboxylic acids is 1. The Morgan fingerprint density at radius 3 is 2.46 bits per heavy atom. The molecule has 0 saturated carbocycles. The third-order valence-corrected chi connectivity index (χ3v) is 8.00. The number of aliphatic carboxylic acids is 1. The first kappa shape index (κ1) is 35.4. The molecule has 1 amide bonds. The van der Waals surface area contributed by atoms with Gasteiger partial charge in [-0.25, -0.2) is 19.3 Å². The Morgan fingerprint density at radius 1 is 1.06 bits per heavy atom. The lowest BCUT2D eigenvalue weighted by Gasteiger charge is -2.22. The van der Waals surface area contributed by atoms with Gasteiger partial charge in [0.2, 0.25) is 5.91 Å². The molecule has 4 aromatic heterocycles. The van der Waals surface area contributed by atoms with Crippen LogP contribution in [0.3, 0.4) is 0 Å². The lowest BCUT2D eigenvalue weighted by molar-refractivity contribution is -0.192. The number of benzene rings is 1. The van der Waals surface area contributed by atoms with Gasteiger partial charge >= 0.3 is 18.1 Å². The maximum absolute atomic E-state index is 13.7. The summed E-state index contributed by atoms with van der Waals surface area (Å²) in [4.78, 5) is 56.1. The zero-order valence-electron chi connectivity index (χ0n) is 26.2. The van der Waals surface area contributed by atoms with Crippen molar-refractivity contribution >= 4 is 35.1 Å². The topological polar surface area (TPSA) is 200 Å². The molecular formula is C31H27ClF3N9O6. The van der Waals surface area contributed by atoms with Crippen LogP contribution in [-0.4, -0.2) is 73.5 Å². The number of rotatable bonds is 4. The van der Waals surface area contributed by atoms with Gasteiger partial charge in [-0.15, -0.1) is 5.10 Å². The molecule has 0 radical (unpaired) electrons. The summed E-state index contributed by atoms with van der Waals surface area (Å²) in [6, 6.07) is 9.60. The Labute approximate surface area is 285 Å². The van der Waals surface area contributed by atoms with Crippen LogP contribution in [0.25, 0.3) is 28.2 Å². The molecule has 1 aromatic carbocycles. The fraction of sp³-hybridized carbons (Fsp3) is 0.258. The van der Waals surface area contributed by atoms with Crippen molar-refractivity contribution in [1.29, 1.82) is 0 Å². The van der Waals surface area contributed by atoms with Crippen LogP contribution in [0.4, 0.5) is 18.9 Å². The minimum atomic E-state index is -5.08. The smallest absolute Gasteiger partial charge is 0.476 e. The largest absolute Gasteiger partial charge is 0.490 e. The third-order valence-electron chi connectivity index (χ3n) is 7.76. The molecule has 5 heterocycles. The SMILES string of the molecule is C[C@@H]1CCC[C@H](n2cnc(-c3cc(Cl)ccc3-n3cc(C(=O)O)nn3)cc2=O)c2cc(ccn2)-c2c(cnn2C)NC1=O.O=C(O)C(F)(F)F. The Kier molecular flexibility index (Phi) is 10.1. The van der Waals surface area contributed by atoms with Crippen molar-refractivity contribution in [1.82, 2.24) is 39.3 Å². The minimum Gasteiger partial charge on any atom is -0.476 e. The molecule has 0 unspecified atom stereocenters. The molecule has 0 spiro atoms. The molecule has 3 N–H and O–H groups in total. The maximum atomic E-state index is 13.7. The average molecular weight is 714 g/mol. The molecule has 0 fully saturated rings. The monoisotopic (exact) mass is 713 g/mol. The van der Waals surface area contributed by atoms with Gasteiger partial charge in [0.25, 0.3) is 5.56 Å². The predicted octanol–water partition coefficient (Wildman–Crippen LogP) is 4.62. The van der Waals surface area contributed by atoms with Gasteiger partial charge in [-0.05, 0) is 43.2 Å². The summed E-state index contributed by atoms with van der Waals surface area (Å²) in [6.45, 7) is 1.88. The van der Waals surface area contributed by atoms with Crippen LogP contribution in [0.15, 0.2) is 66.1 Å². The van der Waals surface area contributed by atoms with E-state index in [0.717, 1.165) is 11.3 Å². The Bertz CT molecular complexity index is 2150. The molecule has 15 nitrogen and oxygen atoms in total. The average Bonchev–Trinajstić information content (AvgIpc) is 3.70. The van der Waals surface area contributed by atoms with Gasteiger partial charge in [0, 0.05) is 41.4 Å². The Morgan fingerprint density at radius 2 is 1.80 bits per heavy atom. The number of halogens is 4. The molecule has 19 heteroatoms. The molecule has 1 aliphatic heterocycles. The van der Waals surface area contributed by atoms with Gasteiger partial charge in [-0.3, -0.25) is 23.8 Å². The van der Waals surface area contributed by atoms with Crippen LogP contribution in [0.1, 0.15) is 48.4 Å². The van der Waals surface area contributed by atoms with Crippen molar-refractivity contribution in [2.24, 2.45) is 13.0 Å². The van der Waals surface area contributed by atoms with E-state index < -0.39 is 24.2 Å². The van der Waals surface area contributed by atoms with E-state index in [1.165, 1.54) is 23.3 Å². The van der Waals surface area contributed by atoms with Gasteiger partial charge in [-0.2, -0.15) is 18.3 Å². The van der Waals surface area contributed by atoms with E-state index in [9.17, 15) is 32.7 Å². The van der Waals surface area contributed by atoms with E-state index in [1.54, 1.807) is 46.9 Å². The molecule has 0 saturated heterocycles. The summed E-state index contributed by atoms with van der Waals surface area (Å²) in [5.74, 6) is -4.32. The number of carbonyl (C=O) groups is 3. The van der Waals surface area contributed by atoms with Crippen LogP contribution in [-0.2, 0) is 16.6 Å². The number of aryl methyl sites for hydroxylation is 1. The summed E-state index contributed by atoms with van der Waals surface area (Å²) in [5, 5.41) is 31.7. The first-order valence-corrected chi connectivity index (χ1v) is 15.1. The summed E-state index contributed by atoms with van der Waals surface area (Å²) in [7, 11) is 1.80. The van der Waals surface area contributed by atoms with Crippen molar-refractivity contribution in [2.75, 3.05) is 5.32 Å². The molecule has 1 aliphatic rings. The number of hydrogen-bond acceptors (Lipinski definition) is 9. The van der Waals surface area contributed by atoms with Crippen LogP contribution in [0.2, 0.25) is 5.02 Å². The summed E-state index contributed by atoms with van der Waals surface area (Å²) in [6.07, 6.45) is 2.79. The highest BCUT2D eigenvalue weighted by molar-refractivity contribution is 6.31. The van der Waals surface area contributed by atoms with E-state index in [2.05, 4.69) is 30.7 Å². The first-order chi connectivity index (χ1) is 23.6. The quantitative estimate of drug-likeness (QED) is 0.235. The second-order valence-corrected chi connectivity index (χ2v) is 11.6. The number of alkyl halides is 3. The highest BCUT2D eigenvalue weighted by Crippen LogP contribution is 2.33. The van der Waals surface area contributed by atoms with Crippen LogP contribution >= 0.6 is 11.6 Å². The normalized spacial score (nSPS) is 16.2. The second-order valence-electron chi connectivity index (χ2n) is 11.2. The molecule has 260 valence electrons. The van der Waals surface area contributed by atoms with Crippen molar-refractivity contribution < 1.29 is 37.8 Å². The maximum Gasteiger partial charge on any atom is 0.490 e. The number of nitrogens with zero attached hydrogens (tertiary/aromatic N) is 8. The lowest BCUT2D eigenvalue weighted by Crippen LogP contribution is -2.27. The number of fused-ring (bicyclic) bond motifs is 4. The van der Waals surface area contributed by atoms with E-state index in [1.807, 2.05) is 19.1 Å². The molecule has 5 aromatic rings.